The van der Waals surface area contributed by atoms with Gasteiger partial charge in [0.2, 0.25) is 0 Å². The van der Waals surface area contributed by atoms with Crippen LogP contribution in [0.1, 0.15) is 36.8 Å². The van der Waals surface area contributed by atoms with Gasteiger partial charge in [0.15, 0.2) is 0 Å². The van der Waals surface area contributed by atoms with E-state index in [1.807, 2.05) is 0 Å². The standard InChI is InChI=1S/C15H24N2.ClH/c16-10-5-1-2-6-11-17-12-9-14-7-3-4-8-15(14)13-17;/h3-4,7-8H,1-2,5-6,9-13,16H2;1H. The van der Waals surface area contributed by atoms with E-state index >= 15 is 0 Å². The Bertz CT molecular complexity index is 341. The van der Waals surface area contributed by atoms with Crippen LogP contribution in [0.25, 0.3) is 0 Å². The van der Waals surface area contributed by atoms with Gasteiger partial charge in [-0.25, -0.2) is 0 Å². The zero-order valence-electron chi connectivity index (χ0n) is 11.1. The molecule has 0 bridgehead atoms. The summed E-state index contributed by atoms with van der Waals surface area (Å²) < 4.78 is 0. The van der Waals surface area contributed by atoms with Gasteiger partial charge in [-0.2, -0.15) is 0 Å². The van der Waals surface area contributed by atoms with Gasteiger partial charge in [0.05, 0.1) is 0 Å². The van der Waals surface area contributed by atoms with Gasteiger partial charge in [0.1, 0.15) is 0 Å². The fourth-order valence-electron chi connectivity index (χ4n) is 2.58. The highest BCUT2D eigenvalue weighted by Crippen LogP contribution is 2.18. The normalized spacial score (nSPS) is 14.9. The summed E-state index contributed by atoms with van der Waals surface area (Å²) in [6, 6.07) is 8.86. The highest BCUT2D eigenvalue weighted by Gasteiger charge is 2.14. The number of rotatable bonds is 6. The summed E-state index contributed by atoms with van der Waals surface area (Å²) in [5.41, 5.74) is 8.57. The number of hydrogen-bond donors (Lipinski definition) is 1. The molecule has 3 heteroatoms. The van der Waals surface area contributed by atoms with Crippen LogP contribution in [-0.4, -0.2) is 24.5 Å². The summed E-state index contributed by atoms with van der Waals surface area (Å²) in [6.45, 7) is 4.47. The molecule has 1 heterocycles. The number of nitrogens with zero attached hydrogens (tertiary/aromatic N) is 1. The third-order valence-electron chi connectivity index (χ3n) is 3.64. The number of halogens is 1. The summed E-state index contributed by atoms with van der Waals surface area (Å²) in [5, 5.41) is 0. The van der Waals surface area contributed by atoms with Crippen LogP contribution in [0.15, 0.2) is 24.3 Å². The van der Waals surface area contributed by atoms with Crippen molar-refractivity contribution in [2.24, 2.45) is 5.73 Å². The van der Waals surface area contributed by atoms with Crippen molar-refractivity contribution in [2.45, 2.75) is 38.6 Å². The predicted octanol–water partition coefficient (Wildman–Crippen LogP) is 2.99. The molecule has 18 heavy (non-hydrogen) atoms. The molecule has 0 saturated carbocycles. The SMILES string of the molecule is Cl.NCCCCCCN1CCc2ccccc2C1. The zero-order valence-corrected chi connectivity index (χ0v) is 11.9. The van der Waals surface area contributed by atoms with E-state index in [9.17, 15) is 0 Å². The Morgan fingerprint density at radius 1 is 1.00 bits per heavy atom. The minimum atomic E-state index is 0. The first-order chi connectivity index (χ1) is 8.40. The first-order valence-electron chi connectivity index (χ1n) is 6.89. The molecule has 0 aromatic heterocycles. The summed E-state index contributed by atoms with van der Waals surface area (Å²) in [5.74, 6) is 0. The molecule has 0 amide bonds. The van der Waals surface area contributed by atoms with Gasteiger partial charge >= 0.3 is 0 Å². The minimum Gasteiger partial charge on any atom is -0.330 e. The fourth-order valence-corrected chi connectivity index (χ4v) is 2.58. The van der Waals surface area contributed by atoms with E-state index in [0.29, 0.717) is 0 Å². The van der Waals surface area contributed by atoms with E-state index < -0.39 is 0 Å². The van der Waals surface area contributed by atoms with Gasteiger partial charge in [-0.15, -0.1) is 12.4 Å². The third kappa shape index (κ3) is 4.60. The molecular formula is C15H25ClN2. The highest BCUT2D eigenvalue weighted by molar-refractivity contribution is 5.85. The van der Waals surface area contributed by atoms with Crippen LogP contribution in [0, 0.1) is 0 Å². The topological polar surface area (TPSA) is 29.3 Å². The number of hydrogen-bond acceptors (Lipinski definition) is 2. The van der Waals surface area contributed by atoms with Crippen molar-refractivity contribution in [3.05, 3.63) is 35.4 Å². The Balaban J connectivity index is 0.00000162. The Labute approximate surface area is 117 Å². The monoisotopic (exact) mass is 268 g/mol. The largest absolute Gasteiger partial charge is 0.330 e. The molecule has 2 rings (SSSR count). The van der Waals surface area contributed by atoms with Crippen molar-refractivity contribution in [1.82, 2.24) is 4.90 Å². The second-order valence-corrected chi connectivity index (χ2v) is 5.00. The van der Waals surface area contributed by atoms with Crippen LogP contribution in [0.2, 0.25) is 0 Å². The maximum atomic E-state index is 5.50. The van der Waals surface area contributed by atoms with Crippen molar-refractivity contribution >= 4 is 12.4 Å². The smallest absolute Gasteiger partial charge is 0.0236 e. The highest BCUT2D eigenvalue weighted by atomic mass is 35.5. The zero-order chi connectivity index (χ0) is 11.9. The first kappa shape index (κ1) is 15.5. The number of unbranched alkanes of at least 4 members (excludes halogenated alkanes) is 3. The third-order valence-corrected chi connectivity index (χ3v) is 3.64. The van der Waals surface area contributed by atoms with Crippen molar-refractivity contribution < 1.29 is 0 Å². The van der Waals surface area contributed by atoms with E-state index in [4.69, 9.17) is 5.73 Å². The molecule has 0 fully saturated rings. The Hall–Kier alpha value is -0.570. The second-order valence-electron chi connectivity index (χ2n) is 5.00. The van der Waals surface area contributed by atoms with Crippen molar-refractivity contribution in [3.63, 3.8) is 0 Å². The van der Waals surface area contributed by atoms with Gasteiger partial charge in [-0.05, 0) is 43.5 Å². The Morgan fingerprint density at radius 2 is 1.72 bits per heavy atom. The van der Waals surface area contributed by atoms with Gasteiger partial charge in [0.25, 0.3) is 0 Å². The molecule has 1 aliphatic rings. The van der Waals surface area contributed by atoms with E-state index in [1.54, 1.807) is 5.56 Å². The van der Waals surface area contributed by atoms with Crippen molar-refractivity contribution in [1.29, 1.82) is 0 Å². The van der Waals surface area contributed by atoms with Crippen molar-refractivity contribution in [2.75, 3.05) is 19.6 Å². The number of fused-ring (bicyclic) bond motifs is 1. The fraction of sp³-hybridized carbons (Fsp3) is 0.600. The van der Waals surface area contributed by atoms with E-state index in [2.05, 4.69) is 29.2 Å². The predicted molar refractivity (Wildman–Crippen MR) is 80.2 cm³/mol. The van der Waals surface area contributed by atoms with Gasteiger partial charge in [0, 0.05) is 13.1 Å². The van der Waals surface area contributed by atoms with Crippen molar-refractivity contribution in [3.8, 4) is 0 Å². The van der Waals surface area contributed by atoms with Crippen LogP contribution >= 0.6 is 12.4 Å². The molecule has 0 unspecified atom stereocenters. The Morgan fingerprint density at radius 3 is 2.50 bits per heavy atom. The summed E-state index contributed by atoms with van der Waals surface area (Å²) >= 11 is 0. The lowest BCUT2D eigenvalue weighted by Gasteiger charge is -2.28. The van der Waals surface area contributed by atoms with Gasteiger partial charge < -0.3 is 5.73 Å². The number of nitrogens with two attached hydrogens (primary N) is 1. The lowest BCUT2D eigenvalue weighted by Crippen LogP contribution is -2.31. The molecule has 2 nitrogen and oxygen atoms in total. The molecular weight excluding hydrogens is 244 g/mol. The maximum Gasteiger partial charge on any atom is 0.0236 e. The lowest BCUT2D eigenvalue weighted by atomic mass is 10.00. The van der Waals surface area contributed by atoms with E-state index in [-0.39, 0.29) is 12.4 Å². The minimum absolute atomic E-state index is 0. The molecule has 0 radical (unpaired) electrons. The van der Waals surface area contributed by atoms with E-state index in [1.165, 1.54) is 50.8 Å². The average Bonchev–Trinajstić information content (AvgIpc) is 2.38. The Kier molecular flexibility index (Phi) is 7.33. The maximum absolute atomic E-state index is 5.50. The molecule has 1 aromatic rings. The molecule has 0 spiro atoms. The molecule has 0 atom stereocenters. The first-order valence-corrected chi connectivity index (χ1v) is 6.89. The lowest BCUT2D eigenvalue weighted by molar-refractivity contribution is 0.248. The molecule has 102 valence electrons. The molecule has 0 saturated heterocycles. The average molecular weight is 269 g/mol. The molecule has 1 aliphatic heterocycles. The summed E-state index contributed by atoms with van der Waals surface area (Å²) in [6.07, 6.45) is 6.35. The van der Waals surface area contributed by atoms with Crippen LogP contribution < -0.4 is 5.73 Å². The number of benzene rings is 1. The van der Waals surface area contributed by atoms with Crippen LogP contribution in [-0.2, 0) is 13.0 Å². The molecule has 2 N–H and O–H groups in total. The second kappa shape index (κ2) is 8.52. The van der Waals surface area contributed by atoms with Crippen LogP contribution in [0.4, 0.5) is 0 Å². The van der Waals surface area contributed by atoms with Crippen LogP contribution in [0.5, 0.6) is 0 Å². The summed E-state index contributed by atoms with van der Waals surface area (Å²) in [4.78, 5) is 2.59. The van der Waals surface area contributed by atoms with Crippen LogP contribution in [0.3, 0.4) is 0 Å². The molecule has 1 aromatic carbocycles. The van der Waals surface area contributed by atoms with E-state index in [0.717, 1.165) is 13.1 Å². The van der Waals surface area contributed by atoms with Gasteiger partial charge in [-0.1, -0.05) is 37.1 Å². The summed E-state index contributed by atoms with van der Waals surface area (Å²) in [7, 11) is 0. The van der Waals surface area contributed by atoms with Gasteiger partial charge in [-0.3, -0.25) is 4.90 Å². The molecule has 0 aliphatic carbocycles. The quantitative estimate of drug-likeness (QED) is 0.804.